The second kappa shape index (κ2) is 5.05. The van der Waals surface area contributed by atoms with Gasteiger partial charge in [-0.05, 0) is 40.5 Å². The van der Waals surface area contributed by atoms with Gasteiger partial charge in [0.2, 0.25) is 0 Å². The van der Waals surface area contributed by atoms with Crippen molar-refractivity contribution >= 4 is 17.8 Å². The summed E-state index contributed by atoms with van der Waals surface area (Å²) in [6.07, 6.45) is 5.39. The minimum absolute atomic E-state index is 0.0998. The number of hydrogen-bond acceptors (Lipinski definition) is 5. The van der Waals surface area contributed by atoms with Crippen LogP contribution >= 0.6 is 11.6 Å². The fourth-order valence-corrected chi connectivity index (χ4v) is 3.44. The van der Waals surface area contributed by atoms with Crippen LogP contribution in [0.25, 0.3) is 0 Å². The van der Waals surface area contributed by atoms with Gasteiger partial charge >= 0.3 is 0 Å². The van der Waals surface area contributed by atoms with Crippen LogP contribution in [0.1, 0.15) is 40.5 Å². The second-order valence-electron chi connectivity index (χ2n) is 6.79. The maximum atomic E-state index is 5.92. The molecule has 2 rings (SSSR count). The molecule has 6 heteroatoms. The smallest absolute Gasteiger partial charge is 0.146 e. The molecule has 0 spiro atoms. The quantitative estimate of drug-likeness (QED) is 0.531. The Bertz CT molecular complexity index is 386. The van der Waals surface area contributed by atoms with Gasteiger partial charge in [-0.3, -0.25) is 10.3 Å². The molecule has 1 atom stereocenters. The van der Waals surface area contributed by atoms with E-state index in [4.69, 9.17) is 17.4 Å². The molecule has 1 saturated heterocycles. The van der Waals surface area contributed by atoms with E-state index in [0.29, 0.717) is 11.2 Å². The molecule has 2 heterocycles. The fourth-order valence-electron chi connectivity index (χ4n) is 3.27. The highest BCUT2D eigenvalue weighted by Gasteiger charge is 2.38. The van der Waals surface area contributed by atoms with E-state index in [1.54, 1.807) is 17.4 Å². The Balaban J connectivity index is 2.01. The van der Waals surface area contributed by atoms with Crippen molar-refractivity contribution in [1.29, 1.82) is 0 Å². The molecule has 0 aliphatic carbocycles. The van der Waals surface area contributed by atoms with Gasteiger partial charge < -0.3 is 5.32 Å². The molecule has 0 aromatic carbocycles. The van der Waals surface area contributed by atoms with Crippen molar-refractivity contribution in [3.8, 4) is 0 Å². The Labute approximate surface area is 120 Å². The van der Waals surface area contributed by atoms with Gasteiger partial charge in [0.1, 0.15) is 11.3 Å². The van der Waals surface area contributed by atoms with E-state index in [1.165, 1.54) is 0 Å². The van der Waals surface area contributed by atoms with Gasteiger partial charge in [0, 0.05) is 23.3 Å². The highest BCUT2D eigenvalue weighted by molar-refractivity contribution is 6.29. The van der Waals surface area contributed by atoms with Crippen LogP contribution in [-0.2, 0) is 0 Å². The van der Waals surface area contributed by atoms with Crippen LogP contribution in [-0.4, -0.2) is 34.5 Å². The summed E-state index contributed by atoms with van der Waals surface area (Å²) >= 11 is 5.81. The van der Waals surface area contributed by atoms with Crippen LogP contribution in [0.15, 0.2) is 16.3 Å². The van der Waals surface area contributed by atoms with Crippen LogP contribution in [0, 0.1) is 0 Å². The summed E-state index contributed by atoms with van der Waals surface area (Å²) in [6.45, 7) is 8.92. The number of nitrogens with one attached hydrogen (secondary N) is 2. The number of hydrazine groups is 1. The minimum Gasteiger partial charge on any atom is -0.307 e. The van der Waals surface area contributed by atoms with Crippen LogP contribution in [0.5, 0.6) is 0 Å². The van der Waals surface area contributed by atoms with Crippen molar-refractivity contribution in [1.82, 2.24) is 15.6 Å². The van der Waals surface area contributed by atoms with E-state index in [0.717, 1.165) is 12.8 Å². The standard InChI is InChI=1S/C13H24ClN5/c1-12(2)5-9(6-13(3,4)18-12)17-11-7-16-10(14)8-19(11)15/h7-9,11,17-18H,5-6,15H2,1-4H3. The number of piperidine rings is 1. The van der Waals surface area contributed by atoms with Crippen LogP contribution in [0.4, 0.5) is 0 Å². The summed E-state index contributed by atoms with van der Waals surface area (Å²) in [4.78, 5) is 4.10. The maximum Gasteiger partial charge on any atom is 0.146 e. The SMILES string of the molecule is CC1(C)CC(NC2C=NC(Cl)=CN2N)CC(C)(C)N1. The highest BCUT2D eigenvalue weighted by Crippen LogP contribution is 2.28. The molecule has 2 aliphatic heterocycles. The Kier molecular flexibility index (Phi) is 3.93. The largest absolute Gasteiger partial charge is 0.307 e. The molecule has 108 valence electrons. The van der Waals surface area contributed by atoms with Crippen molar-refractivity contribution in [3.63, 3.8) is 0 Å². The van der Waals surface area contributed by atoms with E-state index in [-0.39, 0.29) is 17.2 Å². The topological polar surface area (TPSA) is 65.7 Å². The van der Waals surface area contributed by atoms with Gasteiger partial charge in [-0.2, -0.15) is 0 Å². The number of aliphatic imine (C=N–C) groups is 1. The zero-order valence-corrected chi connectivity index (χ0v) is 12.8. The predicted molar refractivity (Wildman–Crippen MR) is 79.7 cm³/mol. The van der Waals surface area contributed by atoms with Crippen molar-refractivity contribution in [2.45, 2.75) is 63.8 Å². The molecular weight excluding hydrogens is 262 g/mol. The molecular formula is C13H24ClN5. The van der Waals surface area contributed by atoms with Crippen molar-refractivity contribution in [2.24, 2.45) is 10.8 Å². The molecule has 5 nitrogen and oxygen atoms in total. The third-order valence-electron chi connectivity index (χ3n) is 3.51. The molecule has 19 heavy (non-hydrogen) atoms. The Morgan fingerprint density at radius 2 is 1.95 bits per heavy atom. The first-order chi connectivity index (χ1) is 8.67. The first-order valence-electron chi connectivity index (χ1n) is 6.67. The molecule has 0 aromatic rings. The number of nitrogens with zero attached hydrogens (tertiary/aromatic N) is 2. The molecule has 1 fully saturated rings. The second-order valence-corrected chi connectivity index (χ2v) is 7.17. The number of nitrogens with two attached hydrogens (primary N) is 1. The zero-order chi connectivity index (χ0) is 14.3. The third-order valence-corrected chi connectivity index (χ3v) is 3.71. The molecule has 0 radical (unpaired) electrons. The summed E-state index contributed by atoms with van der Waals surface area (Å²) in [6, 6.07) is 0.388. The summed E-state index contributed by atoms with van der Waals surface area (Å²) < 4.78 is 0. The van der Waals surface area contributed by atoms with Crippen LogP contribution in [0.2, 0.25) is 0 Å². The van der Waals surface area contributed by atoms with Gasteiger partial charge in [0.05, 0.1) is 6.20 Å². The molecule has 0 amide bonds. The van der Waals surface area contributed by atoms with Gasteiger partial charge in [-0.15, -0.1) is 0 Å². The molecule has 0 aromatic heterocycles. The summed E-state index contributed by atoms with van der Waals surface area (Å²) in [5.74, 6) is 5.92. The van der Waals surface area contributed by atoms with Crippen molar-refractivity contribution < 1.29 is 0 Å². The predicted octanol–water partition coefficient (Wildman–Crippen LogP) is 1.51. The third kappa shape index (κ3) is 3.92. The zero-order valence-electron chi connectivity index (χ0n) is 12.1. The molecule has 2 aliphatic rings. The van der Waals surface area contributed by atoms with Gasteiger partial charge in [0.15, 0.2) is 0 Å². The van der Waals surface area contributed by atoms with E-state index in [9.17, 15) is 0 Å². The lowest BCUT2D eigenvalue weighted by atomic mass is 9.79. The Morgan fingerprint density at radius 3 is 2.47 bits per heavy atom. The average molecular weight is 286 g/mol. The van der Waals surface area contributed by atoms with E-state index < -0.39 is 0 Å². The van der Waals surface area contributed by atoms with Crippen LogP contribution in [0.3, 0.4) is 0 Å². The fraction of sp³-hybridized carbons (Fsp3) is 0.769. The van der Waals surface area contributed by atoms with E-state index in [1.807, 2.05) is 0 Å². The Hall–Kier alpha value is -0.620. The first-order valence-corrected chi connectivity index (χ1v) is 7.05. The van der Waals surface area contributed by atoms with Crippen molar-refractivity contribution in [3.05, 3.63) is 11.4 Å². The van der Waals surface area contributed by atoms with E-state index >= 15 is 0 Å². The van der Waals surface area contributed by atoms with Crippen molar-refractivity contribution in [2.75, 3.05) is 0 Å². The lowest BCUT2D eigenvalue weighted by molar-refractivity contribution is 0.130. The number of halogens is 1. The highest BCUT2D eigenvalue weighted by atomic mass is 35.5. The van der Waals surface area contributed by atoms with Crippen LogP contribution < -0.4 is 16.5 Å². The lowest BCUT2D eigenvalue weighted by Crippen LogP contribution is -2.64. The minimum atomic E-state index is -0.0998. The molecule has 0 bridgehead atoms. The monoisotopic (exact) mass is 285 g/mol. The average Bonchev–Trinajstić information content (AvgIpc) is 2.17. The summed E-state index contributed by atoms with van der Waals surface area (Å²) in [7, 11) is 0. The summed E-state index contributed by atoms with van der Waals surface area (Å²) in [5.41, 5.74) is 0.219. The summed E-state index contributed by atoms with van der Waals surface area (Å²) in [5, 5.41) is 9.19. The number of rotatable bonds is 2. The Morgan fingerprint density at radius 1 is 1.37 bits per heavy atom. The first kappa shape index (κ1) is 14.8. The molecule has 0 saturated carbocycles. The van der Waals surface area contributed by atoms with Gasteiger partial charge in [-0.1, -0.05) is 11.6 Å². The molecule has 4 N–H and O–H groups in total. The number of hydrogen-bond donors (Lipinski definition) is 3. The maximum absolute atomic E-state index is 5.92. The normalized spacial score (nSPS) is 30.3. The lowest BCUT2D eigenvalue weighted by Gasteiger charge is -2.47. The van der Waals surface area contributed by atoms with E-state index in [2.05, 4.69) is 43.3 Å². The van der Waals surface area contributed by atoms with Gasteiger partial charge in [-0.25, -0.2) is 10.8 Å². The molecule has 1 unspecified atom stereocenters. The van der Waals surface area contributed by atoms with Gasteiger partial charge in [0.25, 0.3) is 0 Å².